The molecular weight excluding hydrogens is 254 g/mol. The van der Waals surface area contributed by atoms with Crippen molar-refractivity contribution in [3.05, 3.63) is 47.4 Å². The summed E-state index contributed by atoms with van der Waals surface area (Å²) < 4.78 is 16.1. The molecular formula is C16H21NO3. The minimum Gasteiger partial charge on any atom is -0.497 e. The third-order valence-corrected chi connectivity index (χ3v) is 3.16. The van der Waals surface area contributed by atoms with Crippen LogP contribution in [0.15, 0.2) is 34.7 Å². The summed E-state index contributed by atoms with van der Waals surface area (Å²) in [5, 5.41) is 3.36. The van der Waals surface area contributed by atoms with Crippen molar-refractivity contribution in [2.45, 2.75) is 19.9 Å². The molecule has 1 N–H and O–H groups in total. The SMILES string of the molecule is COc1ccc(CCNCc2ccc(C)o2)c(OC)c1. The molecule has 1 aromatic heterocycles. The second kappa shape index (κ2) is 7.01. The molecule has 1 heterocycles. The second-order valence-corrected chi connectivity index (χ2v) is 4.62. The maximum Gasteiger partial charge on any atom is 0.125 e. The smallest absolute Gasteiger partial charge is 0.125 e. The minimum atomic E-state index is 0.742. The van der Waals surface area contributed by atoms with Gasteiger partial charge < -0.3 is 19.2 Å². The third kappa shape index (κ3) is 3.78. The summed E-state index contributed by atoms with van der Waals surface area (Å²) in [4.78, 5) is 0. The summed E-state index contributed by atoms with van der Waals surface area (Å²) in [6.07, 6.45) is 0.896. The van der Waals surface area contributed by atoms with Gasteiger partial charge in [-0.3, -0.25) is 0 Å². The van der Waals surface area contributed by atoms with Crippen LogP contribution in [-0.4, -0.2) is 20.8 Å². The van der Waals surface area contributed by atoms with Crippen molar-refractivity contribution >= 4 is 0 Å². The Morgan fingerprint density at radius 2 is 1.95 bits per heavy atom. The molecule has 0 atom stereocenters. The largest absolute Gasteiger partial charge is 0.497 e. The molecule has 0 bridgehead atoms. The molecule has 0 fully saturated rings. The van der Waals surface area contributed by atoms with Crippen LogP contribution < -0.4 is 14.8 Å². The highest BCUT2D eigenvalue weighted by molar-refractivity contribution is 5.40. The van der Waals surface area contributed by atoms with Gasteiger partial charge in [0, 0.05) is 6.07 Å². The number of rotatable bonds is 7. The molecule has 2 rings (SSSR count). The predicted molar refractivity (Wildman–Crippen MR) is 78.4 cm³/mol. The Kier molecular flexibility index (Phi) is 5.07. The fraction of sp³-hybridized carbons (Fsp3) is 0.375. The van der Waals surface area contributed by atoms with E-state index in [0.29, 0.717) is 0 Å². The first-order valence-corrected chi connectivity index (χ1v) is 6.70. The summed E-state index contributed by atoms with van der Waals surface area (Å²) in [7, 11) is 3.33. The Bertz CT molecular complexity index is 548. The quantitative estimate of drug-likeness (QED) is 0.789. The molecule has 0 spiro atoms. The average Bonchev–Trinajstić information content (AvgIpc) is 2.89. The predicted octanol–water partition coefficient (Wildman–Crippen LogP) is 2.94. The fourth-order valence-corrected chi connectivity index (χ4v) is 2.07. The Balaban J connectivity index is 1.84. The maximum atomic E-state index is 5.51. The lowest BCUT2D eigenvalue weighted by molar-refractivity contribution is 0.390. The first-order valence-electron chi connectivity index (χ1n) is 6.70. The number of nitrogens with one attached hydrogen (secondary N) is 1. The molecule has 2 aromatic rings. The van der Waals surface area contributed by atoms with Gasteiger partial charge in [-0.1, -0.05) is 6.07 Å². The molecule has 4 nitrogen and oxygen atoms in total. The van der Waals surface area contributed by atoms with Gasteiger partial charge in [0.1, 0.15) is 23.0 Å². The summed E-state index contributed by atoms with van der Waals surface area (Å²) in [6.45, 7) is 3.56. The van der Waals surface area contributed by atoms with E-state index in [2.05, 4.69) is 5.32 Å². The Morgan fingerprint density at radius 3 is 2.60 bits per heavy atom. The van der Waals surface area contributed by atoms with Crippen LogP contribution in [-0.2, 0) is 13.0 Å². The van der Waals surface area contributed by atoms with Gasteiger partial charge in [-0.25, -0.2) is 0 Å². The molecule has 0 radical (unpaired) electrons. The summed E-state index contributed by atoms with van der Waals surface area (Å²) >= 11 is 0. The number of ether oxygens (including phenoxy) is 2. The molecule has 1 aromatic carbocycles. The topological polar surface area (TPSA) is 43.6 Å². The first-order chi connectivity index (χ1) is 9.72. The monoisotopic (exact) mass is 275 g/mol. The van der Waals surface area contributed by atoms with Crippen molar-refractivity contribution in [2.24, 2.45) is 0 Å². The molecule has 0 saturated heterocycles. The standard InChI is InChI=1S/C16H21NO3/c1-12-4-6-15(20-12)11-17-9-8-13-5-7-14(18-2)10-16(13)19-3/h4-7,10,17H,8-9,11H2,1-3H3. The van der Waals surface area contributed by atoms with Crippen LogP contribution in [0.3, 0.4) is 0 Å². The van der Waals surface area contributed by atoms with E-state index >= 15 is 0 Å². The summed E-state index contributed by atoms with van der Waals surface area (Å²) in [5.74, 6) is 3.58. The van der Waals surface area contributed by atoms with Gasteiger partial charge >= 0.3 is 0 Å². The van der Waals surface area contributed by atoms with Crippen molar-refractivity contribution < 1.29 is 13.9 Å². The minimum absolute atomic E-state index is 0.742. The van der Waals surface area contributed by atoms with Gasteiger partial charge in [0.2, 0.25) is 0 Å². The van der Waals surface area contributed by atoms with E-state index in [1.807, 2.05) is 37.3 Å². The van der Waals surface area contributed by atoms with Crippen LogP contribution in [0, 0.1) is 6.92 Å². The van der Waals surface area contributed by atoms with Crippen molar-refractivity contribution in [2.75, 3.05) is 20.8 Å². The van der Waals surface area contributed by atoms with Crippen LogP contribution in [0.4, 0.5) is 0 Å². The van der Waals surface area contributed by atoms with E-state index in [9.17, 15) is 0 Å². The van der Waals surface area contributed by atoms with Crippen molar-refractivity contribution in [1.29, 1.82) is 0 Å². The van der Waals surface area contributed by atoms with Gasteiger partial charge in [-0.05, 0) is 43.7 Å². The highest BCUT2D eigenvalue weighted by Gasteiger charge is 2.05. The number of furan rings is 1. The van der Waals surface area contributed by atoms with E-state index in [4.69, 9.17) is 13.9 Å². The van der Waals surface area contributed by atoms with Crippen LogP contribution in [0.5, 0.6) is 11.5 Å². The normalized spacial score (nSPS) is 10.6. The van der Waals surface area contributed by atoms with Crippen molar-refractivity contribution in [1.82, 2.24) is 5.32 Å². The van der Waals surface area contributed by atoms with Gasteiger partial charge in [0.15, 0.2) is 0 Å². The molecule has 0 amide bonds. The lowest BCUT2D eigenvalue weighted by Crippen LogP contribution is -2.16. The summed E-state index contributed by atoms with van der Waals surface area (Å²) in [5.41, 5.74) is 1.16. The molecule has 0 saturated carbocycles. The Morgan fingerprint density at radius 1 is 1.10 bits per heavy atom. The van der Waals surface area contributed by atoms with Crippen LogP contribution >= 0.6 is 0 Å². The highest BCUT2D eigenvalue weighted by Crippen LogP contribution is 2.24. The van der Waals surface area contributed by atoms with Crippen LogP contribution in [0.1, 0.15) is 17.1 Å². The Labute approximate surface area is 119 Å². The third-order valence-electron chi connectivity index (χ3n) is 3.16. The molecule has 108 valence electrons. The van der Waals surface area contributed by atoms with Crippen LogP contribution in [0.2, 0.25) is 0 Å². The van der Waals surface area contributed by atoms with Gasteiger partial charge in [-0.15, -0.1) is 0 Å². The van der Waals surface area contributed by atoms with Gasteiger partial charge in [-0.2, -0.15) is 0 Å². The molecule has 0 aliphatic heterocycles. The van der Waals surface area contributed by atoms with E-state index in [-0.39, 0.29) is 0 Å². The number of benzene rings is 1. The first kappa shape index (κ1) is 14.5. The van der Waals surface area contributed by atoms with Crippen LogP contribution in [0.25, 0.3) is 0 Å². The summed E-state index contributed by atoms with van der Waals surface area (Å²) in [6, 6.07) is 9.87. The molecule has 20 heavy (non-hydrogen) atoms. The zero-order valence-electron chi connectivity index (χ0n) is 12.2. The zero-order valence-corrected chi connectivity index (χ0v) is 12.2. The molecule has 0 unspecified atom stereocenters. The number of aryl methyl sites for hydroxylation is 1. The average molecular weight is 275 g/mol. The molecule has 0 aliphatic rings. The van der Waals surface area contributed by atoms with Crippen molar-refractivity contribution in [3.8, 4) is 11.5 Å². The number of hydrogen-bond donors (Lipinski definition) is 1. The highest BCUT2D eigenvalue weighted by atomic mass is 16.5. The number of methoxy groups -OCH3 is 2. The fourth-order valence-electron chi connectivity index (χ4n) is 2.07. The van der Waals surface area contributed by atoms with E-state index in [1.165, 1.54) is 0 Å². The van der Waals surface area contributed by atoms with Gasteiger partial charge in [0.05, 0.1) is 20.8 Å². The zero-order chi connectivity index (χ0) is 14.4. The molecule has 0 aliphatic carbocycles. The van der Waals surface area contributed by atoms with E-state index in [1.54, 1.807) is 14.2 Å². The maximum absolute atomic E-state index is 5.51. The lowest BCUT2D eigenvalue weighted by atomic mass is 10.1. The van der Waals surface area contributed by atoms with Gasteiger partial charge in [0.25, 0.3) is 0 Å². The number of hydrogen-bond acceptors (Lipinski definition) is 4. The second-order valence-electron chi connectivity index (χ2n) is 4.62. The van der Waals surface area contributed by atoms with E-state index < -0.39 is 0 Å². The van der Waals surface area contributed by atoms with Crippen molar-refractivity contribution in [3.63, 3.8) is 0 Å². The molecule has 4 heteroatoms. The lowest BCUT2D eigenvalue weighted by Gasteiger charge is -2.10. The Hall–Kier alpha value is -1.94. The van der Waals surface area contributed by atoms with E-state index in [0.717, 1.165) is 48.1 Å².